The molecule has 0 aliphatic carbocycles. The van der Waals surface area contributed by atoms with Crippen molar-refractivity contribution < 1.29 is 9.59 Å². The van der Waals surface area contributed by atoms with Crippen LogP contribution >= 0.6 is 11.6 Å². The van der Waals surface area contributed by atoms with Gasteiger partial charge in [-0.1, -0.05) is 29.8 Å². The Bertz CT molecular complexity index is 820. The number of Topliss-reactive ketones (excluding diaryl/α,β-unsaturated/α-hetero) is 1. The highest BCUT2D eigenvalue weighted by atomic mass is 35.5. The minimum atomic E-state index is -1.22. The molecule has 0 bridgehead atoms. The van der Waals surface area contributed by atoms with Crippen LogP contribution in [0.4, 0.5) is 17.1 Å². The summed E-state index contributed by atoms with van der Waals surface area (Å²) in [6.07, 6.45) is 0. The number of nitrogens with one attached hydrogen (secondary N) is 1. The Kier molecular flexibility index (Phi) is 7.49. The second kappa shape index (κ2) is 9.83. The quantitative estimate of drug-likeness (QED) is 0.519. The molecule has 2 rings (SSSR count). The molecule has 27 heavy (non-hydrogen) atoms. The van der Waals surface area contributed by atoms with E-state index in [9.17, 15) is 9.59 Å². The highest BCUT2D eigenvalue weighted by Crippen LogP contribution is 2.30. The van der Waals surface area contributed by atoms with E-state index in [2.05, 4.69) is 34.3 Å². The number of para-hydroxylation sites is 1. The Morgan fingerprint density at radius 3 is 2.33 bits per heavy atom. The van der Waals surface area contributed by atoms with Crippen LogP contribution in [0.3, 0.4) is 0 Å². The lowest BCUT2D eigenvalue weighted by molar-refractivity contribution is -0.126. The van der Waals surface area contributed by atoms with Gasteiger partial charge in [-0.05, 0) is 51.1 Å². The fourth-order valence-corrected chi connectivity index (χ4v) is 2.85. The number of hydrogen-bond acceptors (Lipinski definition) is 5. The van der Waals surface area contributed by atoms with Crippen molar-refractivity contribution in [2.75, 3.05) is 23.3 Å². The first kappa shape index (κ1) is 20.6. The second-order valence-corrected chi connectivity index (χ2v) is 6.30. The molecule has 1 atom stereocenters. The summed E-state index contributed by atoms with van der Waals surface area (Å²) in [6, 6.07) is 13.0. The molecule has 0 heterocycles. The van der Waals surface area contributed by atoms with Crippen LogP contribution in [-0.4, -0.2) is 30.8 Å². The molecule has 0 radical (unpaired) electrons. The van der Waals surface area contributed by atoms with Gasteiger partial charge in [-0.3, -0.25) is 9.59 Å². The lowest BCUT2D eigenvalue weighted by atomic mass is 10.2. The number of anilines is 2. The number of azo groups is 1. The molecule has 1 N–H and O–H groups in total. The highest BCUT2D eigenvalue weighted by Gasteiger charge is 2.23. The molecule has 1 amide bonds. The van der Waals surface area contributed by atoms with E-state index >= 15 is 0 Å². The van der Waals surface area contributed by atoms with E-state index in [1.54, 1.807) is 36.4 Å². The Balaban J connectivity index is 2.16. The van der Waals surface area contributed by atoms with Crippen LogP contribution in [0.15, 0.2) is 58.8 Å². The average molecular weight is 387 g/mol. The molecule has 2 aromatic carbocycles. The van der Waals surface area contributed by atoms with Gasteiger partial charge in [0.25, 0.3) is 5.91 Å². The van der Waals surface area contributed by atoms with Crippen LogP contribution in [0.5, 0.6) is 0 Å². The van der Waals surface area contributed by atoms with E-state index in [1.807, 2.05) is 12.1 Å². The zero-order valence-electron chi connectivity index (χ0n) is 15.6. The van der Waals surface area contributed by atoms with Crippen molar-refractivity contribution in [2.45, 2.75) is 26.8 Å². The maximum Gasteiger partial charge on any atom is 0.258 e. The van der Waals surface area contributed by atoms with Crippen LogP contribution in [0.2, 0.25) is 5.02 Å². The fourth-order valence-electron chi connectivity index (χ4n) is 2.55. The molecular weight excluding hydrogens is 364 g/mol. The van der Waals surface area contributed by atoms with Gasteiger partial charge in [-0.2, -0.15) is 10.2 Å². The van der Waals surface area contributed by atoms with Crippen LogP contribution in [-0.2, 0) is 9.59 Å². The van der Waals surface area contributed by atoms with Gasteiger partial charge in [-0.25, -0.2) is 0 Å². The molecule has 0 aliphatic rings. The average Bonchev–Trinajstić information content (AvgIpc) is 2.65. The van der Waals surface area contributed by atoms with E-state index in [4.69, 9.17) is 11.6 Å². The summed E-state index contributed by atoms with van der Waals surface area (Å²) >= 11 is 6.34. The van der Waals surface area contributed by atoms with Gasteiger partial charge in [0.05, 0.1) is 16.4 Å². The van der Waals surface area contributed by atoms with Crippen LogP contribution < -0.4 is 10.2 Å². The van der Waals surface area contributed by atoms with E-state index in [-0.39, 0.29) is 0 Å². The second-order valence-electron chi connectivity index (χ2n) is 5.89. The molecular formula is C20H23ClN4O2. The predicted molar refractivity (Wildman–Crippen MR) is 109 cm³/mol. The SMILES string of the molecule is CCN(CC)c1ccc(N=N[C@H](C(C)=O)C(=O)Nc2ccccc2)cc1Cl. The minimum Gasteiger partial charge on any atom is -0.371 e. The fraction of sp³-hybridized carbons (Fsp3) is 0.300. The first-order chi connectivity index (χ1) is 13.0. The summed E-state index contributed by atoms with van der Waals surface area (Å²) in [5.74, 6) is -0.915. The predicted octanol–water partition coefficient (Wildman–Crippen LogP) is 4.87. The van der Waals surface area contributed by atoms with Crippen molar-refractivity contribution in [3.63, 3.8) is 0 Å². The summed E-state index contributed by atoms with van der Waals surface area (Å²) in [4.78, 5) is 26.3. The Hall–Kier alpha value is -2.73. The topological polar surface area (TPSA) is 74.1 Å². The van der Waals surface area contributed by atoms with Gasteiger partial charge in [0.15, 0.2) is 5.78 Å². The Morgan fingerprint density at radius 1 is 1.11 bits per heavy atom. The Labute approximate surface area is 164 Å². The van der Waals surface area contributed by atoms with E-state index in [0.29, 0.717) is 16.4 Å². The summed E-state index contributed by atoms with van der Waals surface area (Å²) in [5.41, 5.74) is 1.98. The summed E-state index contributed by atoms with van der Waals surface area (Å²) in [7, 11) is 0. The van der Waals surface area contributed by atoms with Crippen molar-refractivity contribution in [2.24, 2.45) is 10.2 Å². The number of halogens is 1. The first-order valence-electron chi connectivity index (χ1n) is 8.78. The van der Waals surface area contributed by atoms with Crippen molar-refractivity contribution in [3.8, 4) is 0 Å². The smallest absolute Gasteiger partial charge is 0.258 e. The van der Waals surface area contributed by atoms with E-state index in [0.717, 1.165) is 18.8 Å². The van der Waals surface area contributed by atoms with Crippen LogP contribution in [0.25, 0.3) is 0 Å². The summed E-state index contributed by atoms with van der Waals surface area (Å²) in [6.45, 7) is 7.09. The zero-order valence-corrected chi connectivity index (χ0v) is 16.4. The molecule has 0 saturated heterocycles. The maximum atomic E-state index is 12.3. The molecule has 0 saturated carbocycles. The normalized spacial score (nSPS) is 12.0. The third-order valence-corrected chi connectivity index (χ3v) is 4.30. The largest absolute Gasteiger partial charge is 0.371 e. The monoisotopic (exact) mass is 386 g/mol. The van der Waals surface area contributed by atoms with Crippen molar-refractivity contribution in [3.05, 3.63) is 53.6 Å². The van der Waals surface area contributed by atoms with Gasteiger partial charge in [0, 0.05) is 18.8 Å². The number of carbonyl (C=O) groups is 2. The molecule has 2 aromatic rings. The number of benzene rings is 2. The van der Waals surface area contributed by atoms with E-state index in [1.165, 1.54) is 6.92 Å². The molecule has 0 aliphatic heterocycles. The van der Waals surface area contributed by atoms with Crippen molar-refractivity contribution in [1.29, 1.82) is 0 Å². The summed E-state index contributed by atoms with van der Waals surface area (Å²) < 4.78 is 0. The number of hydrogen-bond donors (Lipinski definition) is 1. The third kappa shape index (κ3) is 5.62. The molecule has 0 spiro atoms. The number of amides is 1. The number of rotatable bonds is 8. The highest BCUT2D eigenvalue weighted by molar-refractivity contribution is 6.33. The van der Waals surface area contributed by atoms with Gasteiger partial charge >= 0.3 is 0 Å². The molecule has 0 fully saturated rings. The molecule has 142 valence electrons. The third-order valence-electron chi connectivity index (χ3n) is 4.00. The van der Waals surface area contributed by atoms with Gasteiger partial charge in [0.2, 0.25) is 6.04 Å². The van der Waals surface area contributed by atoms with Crippen molar-refractivity contribution >= 4 is 40.4 Å². The molecule has 7 heteroatoms. The standard InChI is InChI=1S/C20H23ClN4O2/c1-4-25(5-2)18-12-11-16(13-17(18)21)23-24-19(14(3)26)20(27)22-15-9-7-6-8-10-15/h6-13,19H,4-5H2,1-3H3,(H,22,27)/t19-/m1/s1. The maximum absolute atomic E-state index is 12.3. The Morgan fingerprint density at radius 2 is 1.78 bits per heavy atom. The first-order valence-corrected chi connectivity index (χ1v) is 9.15. The van der Waals surface area contributed by atoms with Gasteiger partial charge in [-0.15, -0.1) is 0 Å². The van der Waals surface area contributed by atoms with Crippen molar-refractivity contribution in [1.82, 2.24) is 0 Å². The zero-order chi connectivity index (χ0) is 19.8. The van der Waals surface area contributed by atoms with E-state index < -0.39 is 17.7 Å². The molecule has 0 unspecified atom stereocenters. The molecule has 6 nitrogen and oxygen atoms in total. The summed E-state index contributed by atoms with van der Waals surface area (Å²) in [5, 5.41) is 11.2. The minimum absolute atomic E-state index is 0.391. The number of carbonyl (C=O) groups excluding carboxylic acids is 2. The lowest BCUT2D eigenvalue weighted by Gasteiger charge is -2.22. The number of nitrogens with zero attached hydrogens (tertiary/aromatic N) is 3. The van der Waals surface area contributed by atoms with Gasteiger partial charge < -0.3 is 10.2 Å². The van der Waals surface area contributed by atoms with Crippen LogP contribution in [0.1, 0.15) is 20.8 Å². The molecule has 0 aromatic heterocycles. The van der Waals surface area contributed by atoms with Gasteiger partial charge in [0.1, 0.15) is 0 Å². The van der Waals surface area contributed by atoms with Crippen LogP contribution in [0, 0.1) is 0 Å². The number of ketones is 1. The lowest BCUT2D eigenvalue weighted by Crippen LogP contribution is -2.31.